The number of primary amides is 1. The van der Waals surface area contributed by atoms with Gasteiger partial charge in [-0.1, -0.05) is 11.6 Å². The summed E-state index contributed by atoms with van der Waals surface area (Å²) in [6.45, 7) is -1.25. The van der Waals surface area contributed by atoms with Gasteiger partial charge in [0.2, 0.25) is 5.91 Å². The van der Waals surface area contributed by atoms with Crippen LogP contribution in [0.25, 0.3) is 11.0 Å². The molecule has 0 aliphatic carbocycles. The number of hydrogen-bond acceptors (Lipinski definition) is 6. The van der Waals surface area contributed by atoms with Crippen molar-refractivity contribution in [3.8, 4) is 11.8 Å². The predicted molar refractivity (Wildman–Crippen MR) is 98.6 cm³/mol. The van der Waals surface area contributed by atoms with Gasteiger partial charge in [0.05, 0.1) is 19.2 Å². The van der Waals surface area contributed by atoms with E-state index in [4.69, 9.17) is 17.3 Å². The van der Waals surface area contributed by atoms with Gasteiger partial charge in [-0.15, -0.1) is 13.2 Å². The molecule has 12 heteroatoms. The second-order valence-electron chi connectivity index (χ2n) is 6.33. The number of alkyl halides is 3. The second kappa shape index (κ2) is 7.81. The number of ether oxygens (including phenoxy) is 1. The number of benzene rings is 2. The maximum Gasteiger partial charge on any atom is 0.573 e. The summed E-state index contributed by atoms with van der Waals surface area (Å²) in [5.41, 5.74) is 3.77. The number of aromatic nitrogens is 3. The lowest BCUT2D eigenvalue weighted by atomic mass is 9.79. The lowest BCUT2D eigenvalue weighted by molar-refractivity contribution is -0.274. The van der Waals surface area contributed by atoms with Crippen molar-refractivity contribution in [3.63, 3.8) is 0 Å². The van der Waals surface area contributed by atoms with E-state index in [9.17, 15) is 28.3 Å². The third-order valence-corrected chi connectivity index (χ3v) is 4.52. The minimum absolute atomic E-state index is 0.249. The van der Waals surface area contributed by atoms with Crippen molar-refractivity contribution in [2.75, 3.05) is 6.61 Å². The molecule has 30 heavy (non-hydrogen) atoms. The maximum absolute atomic E-state index is 12.6. The molecule has 3 rings (SSSR count). The molecule has 3 aromatic rings. The molecule has 0 aliphatic rings. The molecule has 0 aliphatic heterocycles. The molecule has 1 aromatic heterocycles. The number of rotatable bonds is 6. The summed E-state index contributed by atoms with van der Waals surface area (Å²) in [6.07, 6.45) is -5.00. The van der Waals surface area contributed by atoms with Crippen molar-refractivity contribution in [2.24, 2.45) is 5.73 Å². The molecule has 0 saturated carbocycles. The number of carbonyl (C=O) groups is 1. The van der Waals surface area contributed by atoms with E-state index in [0.29, 0.717) is 16.1 Å². The number of carbonyl (C=O) groups excluding carboxylic acids is 1. The van der Waals surface area contributed by atoms with Crippen LogP contribution >= 0.6 is 11.6 Å². The summed E-state index contributed by atoms with van der Waals surface area (Å²) in [6, 6.07) is 9.26. The molecule has 1 unspecified atom stereocenters. The molecule has 0 saturated heterocycles. The molecule has 1 heterocycles. The van der Waals surface area contributed by atoms with E-state index in [2.05, 4.69) is 14.9 Å². The molecule has 0 radical (unpaired) electrons. The van der Waals surface area contributed by atoms with E-state index in [1.54, 1.807) is 12.1 Å². The second-order valence-corrected chi connectivity index (χ2v) is 6.77. The third-order valence-electron chi connectivity index (χ3n) is 4.28. The van der Waals surface area contributed by atoms with Crippen molar-refractivity contribution in [3.05, 3.63) is 52.5 Å². The number of nitriles is 1. The number of nitrogens with zero attached hydrogens (tertiary/aromatic N) is 4. The Morgan fingerprint density at radius 2 is 1.93 bits per heavy atom. The number of nitrogens with two attached hydrogens (primary N) is 1. The first-order valence-corrected chi connectivity index (χ1v) is 8.67. The van der Waals surface area contributed by atoms with Gasteiger partial charge in [0.1, 0.15) is 22.2 Å². The zero-order valence-corrected chi connectivity index (χ0v) is 15.8. The standard InChI is InChI=1S/C18H13ClF3N5O3/c19-10-1-4-14-15(5-10)26-27(25-14)8-17(7-23,9-28)13-6-11(30-18(20,21)22)2-3-12(13)16(24)29/h1-6,28H,8-9H2,(H2,24,29). The van der Waals surface area contributed by atoms with Gasteiger partial charge in [0, 0.05) is 10.6 Å². The van der Waals surface area contributed by atoms with Gasteiger partial charge in [-0.3, -0.25) is 4.79 Å². The van der Waals surface area contributed by atoms with E-state index in [0.717, 1.165) is 23.0 Å². The van der Waals surface area contributed by atoms with Crippen molar-refractivity contribution >= 4 is 28.5 Å². The number of halogens is 4. The molecule has 1 atom stereocenters. The summed E-state index contributed by atoms with van der Waals surface area (Å²) in [7, 11) is 0. The Hall–Kier alpha value is -3.36. The van der Waals surface area contributed by atoms with Gasteiger partial charge in [-0.25, -0.2) is 0 Å². The first-order chi connectivity index (χ1) is 14.1. The van der Waals surface area contributed by atoms with Crippen LogP contribution in [0, 0.1) is 11.3 Å². The number of hydrogen-bond donors (Lipinski definition) is 2. The average Bonchev–Trinajstić information content (AvgIpc) is 3.06. The van der Waals surface area contributed by atoms with Crippen LogP contribution in [0.4, 0.5) is 13.2 Å². The monoisotopic (exact) mass is 439 g/mol. The lowest BCUT2D eigenvalue weighted by Gasteiger charge is -2.26. The van der Waals surface area contributed by atoms with Crippen LogP contribution in [0.2, 0.25) is 5.02 Å². The van der Waals surface area contributed by atoms with Gasteiger partial charge in [-0.05, 0) is 42.0 Å². The van der Waals surface area contributed by atoms with Crippen LogP contribution in [0.1, 0.15) is 15.9 Å². The smallest absolute Gasteiger partial charge is 0.406 e. The number of aliphatic hydroxyl groups is 1. The third kappa shape index (κ3) is 4.29. The van der Waals surface area contributed by atoms with Crippen molar-refractivity contribution < 1.29 is 27.8 Å². The summed E-state index contributed by atoms with van der Waals surface area (Å²) in [5, 5.41) is 28.6. The molecule has 156 valence electrons. The van der Waals surface area contributed by atoms with Gasteiger partial charge in [0.25, 0.3) is 0 Å². The lowest BCUT2D eigenvalue weighted by Crippen LogP contribution is -2.37. The summed E-state index contributed by atoms with van der Waals surface area (Å²) >= 11 is 5.91. The normalized spacial score (nSPS) is 13.6. The highest BCUT2D eigenvalue weighted by Crippen LogP contribution is 2.33. The minimum Gasteiger partial charge on any atom is -0.406 e. The molecular formula is C18H13ClF3N5O3. The first kappa shape index (κ1) is 21.4. The van der Waals surface area contributed by atoms with Crippen molar-refractivity contribution in [1.29, 1.82) is 5.26 Å². The molecule has 2 aromatic carbocycles. The van der Waals surface area contributed by atoms with Gasteiger partial charge in [0.15, 0.2) is 0 Å². The van der Waals surface area contributed by atoms with E-state index >= 15 is 0 Å². The SMILES string of the molecule is N#CC(CO)(Cn1nc2ccc(Cl)cc2n1)c1cc(OC(F)(F)F)ccc1C(N)=O. The van der Waals surface area contributed by atoms with Gasteiger partial charge in [-0.2, -0.15) is 20.3 Å². The zero-order valence-electron chi connectivity index (χ0n) is 15.0. The highest BCUT2D eigenvalue weighted by atomic mass is 35.5. The van der Waals surface area contributed by atoms with E-state index in [1.807, 2.05) is 6.07 Å². The first-order valence-electron chi connectivity index (χ1n) is 8.29. The average molecular weight is 440 g/mol. The van der Waals surface area contributed by atoms with Crippen LogP contribution in [0.15, 0.2) is 36.4 Å². The maximum atomic E-state index is 12.6. The molecule has 0 spiro atoms. The van der Waals surface area contributed by atoms with Crippen LogP contribution in [0.3, 0.4) is 0 Å². The number of amides is 1. The van der Waals surface area contributed by atoms with Gasteiger partial charge >= 0.3 is 6.36 Å². The van der Waals surface area contributed by atoms with Gasteiger partial charge < -0.3 is 15.6 Å². The fraction of sp³-hybridized carbons (Fsp3) is 0.222. The largest absolute Gasteiger partial charge is 0.573 e. The van der Waals surface area contributed by atoms with Crippen LogP contribution in [0.5, 0.6) is 5.75 Å². The Morgan fingerprint density at radius 3 is 2.53 bits per heavy atom. The highest BCUT2D eigenvalue weighted by Gasteiger charge is 2.38. The molecular weight excluding hydrogens is 427 g/mol. The summed E-state index contributed by atoms with van der Waals surface area (Å²) in [4.78, 5) is 12.9. The minimum atomic E-state index is -5.00. The van der Waals surface area contributed by atoms with Crippen molar-refractivity contribution in [2.45, 2.75) is 18.3 Å². The predicted octanol–water partition coefficient (Wildman–Crippen LogP) is 2.54. The molecule has 8 nitrogen and oxygen atoms in total. The Labute approximate surface area is 172 Å². The van der Waals surface area contributed by atoms with Crippen molar-refractivity contribution in [1.82, 2.24) is 15.0 Å². The molecule has 0 fully saturated rings. The number of fused-ring (bicyclic) bond motifs is 1. The highest BCUT2D eigenvalue weighted by molar-refractivity contribution is 6.31. The zero-order chi connectivity index (χ0) is 22.1. The topological polar surface area (TPSA) is 127 Å². The summed E-state index contributed by atoms with van der Waals surface area (Å²) < 4.78 is 41.8. The fourth-order valence-electron chi connectivity index (χ4n) is 2.93. The molecule has 1 amide bonds. The fourth-order valence-corrected chi connectivity index (χ4v) is 3.09. The quantitative estimate of drug-likeness (QED) is 0.607. The van der Waals surface area contributed by atoms with E-state index < -0.39 is 30.0 Å². The summed E-state index contributed by atoms with van der Waals surface area (Å²) in [5.74, 6) is -1.68. The van der Waals surface area contributed by atoms with Crippen LogP contribution < -0.4 is 10.5 Å². The Morgan fingerprint density at radius 1 is 1.23 bits per heavy atom. The van der Waals surface area contributed by atoms with E-state index in [1.165, 1.54) is 6.07 Å². The molecule has 0 bridgehead atoms. The Balaban J connectivity index is 2.12. The molecule has 3 N–H and O–H groups in total. The number of aliphatic hydroxyl groups excluding tert-OH is 1. The van der Waals surface area contributed by atoms with Crippen LogP contribution in [-0.2, 0) is 12.0 Å². The van der Waals surface area contributed by atoms with Crippen LogP contribution in [-0.4, -0.2) is 39.0 Å². The van der Waals surface area contributed by atoms with E-state index in [-0.39, 0.29) is 17.7 Å². The Kier molecular flexibility index (Phi) is 5.56. The Bertz CT molecular complexity index is 1160.